The van der Waals surface area contributed by atoms with E-state index >= 15 is 0 Å². The summed E-state index contributed by atoms with van der Waals surface area (Å²) in [6, 6.07) is 4.09. The van der Waals surface area contributed by atoms with Crippen LogP contribution in [-0.4, -0.2) is 52.9 Å². The number of likely N-dealkylation sites (tertiary alicyclic amines) is 1. The molecule has 0 radical (unpaired) electrons. The number of hydrogen-bond donors (Lipinski definition) is 1. The van der Waals surface area contributed by atoms with Crippen LogP contribution in [0.4, 0.5) is 0 Å². The molecule has 1 N–H and O–H groups in total. The lowest BCUT2D eigenvalue weighted by Gasteiger charge is -2.32. The monoisotopic (exact) mass is 344 g/mol. The van der Waals surface area contributed by atoms with Crippen LogP contribution in [0, 0.1) is 5.92 Å². The first-order valence-electron chi connectivity index (χ1n) is 7.87. The van der Waals surface area contributed by atoms with Gasteiger partial charge in [-0.3, -0.25) is 4.90 Å². The first kappa shape index (κ1) is 19.9. The van der Waals surface area contributed by atoms with Crippen LogP contribution >= 0.6 is 12.4 Å². The molecular formula is C17H29ClN2O3. The number of methoxy groups -OCH3 is 3. The van der Waals surface area contributed by atoms with Crippen molar-refractivity contribution in [2.45, 2.75) is 19.4 Å². The normalized spacial score (nSPS) is 18.2. The molecule has 1 unspecified atom stereocenters. The molecule has 1 saturated heterocycles. The van der Waals surface area contributed by atoms with Gasteiger partial charge in [0, 0.05) is 13.1 Å². The van der Waals surface area contributed by atoms with Crippen LogP contribution in [-0.2, 0) is 6.54 Å². The van der Waals surface area contributed by atoms with Crippen molar-refractivity contribution in [1.82, 2.24) is 10.2 Å². The molecule has 0 spiro atoms. The molecule has 0 aromatic heterocycles. The van der Waals surface area contributed by atoms with Crippen LogP contribution in [0.2, 0.25) is 0 Å². The van der Waals surface area contributed by atoms with E-state index in [1.165, 1.54) is 18.4 Å². The largest absolute Gasteiger partial charge is 0.493 e. The van der Waals surface area contributed by atoms with Gasteiger partial charge in [-0.1, -0.05) is 0 Å². The molecule has 23 heavy (non-hydrogen) atoms. The molecule has 132 valence electrons. The topological polar surface area (TPSA) is 43.0 Å². The minimum absolute atomic E-state index is 0. The van der Waals surface area contributed by atoms with E-state index in [0.717, 1.165) is 43.6 Å². The highest BCUT2D eigenvalue weighted by atomic mass is 35.5. The van der Waals surface area contributed by atoms with Gasteiger partial charge in [-0.15, -0.1) is 12.4 Å². The fraction of sp³-hybridized carbons (Fsp3) is 0.647. The van der Waals surface area contributed by atoms with Gasteiger partial charge in [0.1, 0.15) is 0 Å². The molecule has 0 saturated carbocycles. The molecule has 1 aliphatic heterocycles. The smallest absolute Gasteiger partial charge is 0.203 e. The molecule has 1 aromatic carbocycles. The Labute approximate surface area is 145 Å². The summed E-state index contributed by atoms with van der Waals surface area (Å²) in [5.41, 5.74) is 1.19. The van der Waals surface area contributed by atoms with E-state index in [-0.39, 0.29) is 12.4 Å². The number of rotatable bonds is 7. The number of nitrogens with zero attached hydrogens (tertiary/aromatic N) is 1. The number of halogens is 1. The standard InChI is InChI=1S/C17H28N2O3.ClH/c1-18-10-13-6-5-7-19(11-13)12-14-8-15(20-2)17(22-4)16(9-14)21-3;/h8-9,13,18H,5-7,10-12H2,1-4H3;1H. The number of piperidine rings is 1. The van der Waals surface area contributed by atoms with Crippen LogP contribution in [0.25, 0.3) is 0 Å². The van der Waals surface area contributed by atoms with Crippen molar-refractivity contribution in [3.8, 4) is 17.2 Å². The third kappa shape index (κ3) is 5.16. The van der Waals surface area contributed by atoms with E-state index in [9.17, 15) is 0 Å². The summed E-state index contributed by atoms with van der Waals surface area (Å²) in [6.45, 7) is 4.29. The lowest BCUT2D eigenvalue weighted by molar-refractivity contribution is 0.166. The summed E-state index contributed by atoms with van der Waals surface area (Å²) in [6.07, 6.45) is 2.57. The van der Waals surface area contributed by atoms with Crippen LogP contribution in [0.5, 0.6) is 17.2 Å². The van der Waals surface area contributed by atoms with Gasteiger partial charge in [-0.05, 0) is 56.6 Å². The van der Waals surface area contributed by atoms with E-state index in [1.54, 1.807) is 21.3 Å². The second-order valence-corrected chi connectivity index (χ2v) is 5.83. The van der Waals surface area contributed by atoms with Crippen molar-refractivity contribution in [3.63, 3.8) is 0 Å². The van der Waals surface area contributed by atoms with Gasteiger partial charge in [0.15, 0.2) is 11.5 Å². The molecule has 1 fully saturated rings. The van der Waals surface area contributed by atoms with E-state index in [0.29, 0.717) is 5.75 Å². The predicted octanol–water partition coefficient (Wildman–Crippen LogP) is 2.57. The van der Waals surface area contributed by atoms with Crippen LogP contribution < -0.4 is 19.5 Å². The Hall–Kier alpha value is -1.17. The predicted molar refractivity (Wildman–Crippen MR) is 95.3 cm³/mol. The first-order chi connectivity index (χ1) is 10.7. The van der Waals surface area contributed by atoms with Crippen molar-refractivity contribution < 1.29 is 14.2 Å². The maximum absolute atomic E-state index is 5.43. The van der Waals surface area contributed by atoms with Crippen molar-refractivity contribution in [3.05, 3.63) is 17.7 Å². The van der Waals surface area contributed by atoms with E-state index < -0.39 is 0 Å². The molecule has 0 bridgehead atoms. The molecule has 6 heteroatoms. The Morgan fingerprint density at radius 3 is 2.30 bits per heavy atom. The minimum atomic E-state index is 0. The molecule has 1 aliphatic rings. The Morgan fingerprint density at radius 1 is 1.13 bits per heavy atom. The highest BCUT2D eigenvalue weighted by Crippen LogP contribution is 2.38. The highest BCUT2D eigenvalue weighted by molar-refractivity contribution is 5.85. The first-order valence-corrected chi connectivity index (χ1v) is 7.87. The Kier molecular flexibility index (Phi) is 8.52. The lowest BCUT2D eigenvalue weighted by atomic mass is 9.97. The van der Waals surface area contributed by atoms with E-state index in [2.05, 4.69) is 10.2 Å². The van der Waals surface area contributed by atoms with Crippen LogP contribution in [0.1, 0.15) is 18.4 Å². The summed E-state index contributed by atoms with van der Waals surface area (Å²) in [7, 11) is 6.97. The van der Waals surface area contributed by atoms with E-state index in [1.807, 2.05) is 19.2 Å². The minimum Gasteiger partial charge on any atom is -0.493 e. The maximum atomic E-state index is 5.43. The average Bonchev–Trinajstić information content (AvgIpc) is 2.54. The van der Waals surface area contributed by atoms with Crippen LogP contribution in [0.15, 0.2) is 12.1 Å². The molecule has 1 heterocycles. The summed E-state index contributed by atoms with van der Waals surface area (Å²) < 4.78 is 16.2. The molecule has 0 amide bonds. The third-order valence-corrected chi connectivity index (χ3v) is 4.23. The molecule has 0 aliphatic carbocycles. The Balaban J connectivity index is 0.00000264. The molecular weight excluding hydrogens is 316 g/mol. The summed E-state index contributed by atoms with van der Waals surface area (Å²) >= 11 is 0. The van der Waals surface area contributed by atoms with Gasteiger partial charge in [0.2, 0.25) is 5.75 Å². The quantitative estimate of drug-likeness (QED) is 0.823. The molecule has 2 rings (SSSR count). The summed E-state index contributed by atoms with van der Waals surface area (Å²) in [5, 5.41) is 3.29. The van der Waals surface area contributed by atoms with Gasteiger partial charge in [-0.2, -0.15) is 0 Å². The van der Waals surface area contributed by atoms with Gasteiger partial charge in [0.05, 0.1) is 21.3 Å². The zero-order valence-electron chi connectivity index (χ0n) is 14.6. The van der Waals surface area contributed by atoms with Gasteiger partial charge in [-0.25, -0.2) is 0 Å². The van der Waals surface area contributed by atoms with Crippen molar-refractivity contribution in [2.75, 3.05) is 48.0 Å². The molecule has 1 atom stereocenters. The second kappa shape index (κ2) is 9.85. The maximum Gasteiger partial charge on any atom is 0.203 e. The molecule has 1 aromatic rings. The Bertz CT molecular complexity index is 458. The fourth-order valence-corrected chi connectivity index (χ4v) is 3.24. The third-order valence-electron chi connectivity index (χ3n) is 4.23. The van der Waals surface area contributed by atoms with E-state index in [4.69, 9.17) is 14.2 Å². The molecule has 5 nitrogen and oxygen atoms in total. The number of hydrogen-bond acceptors (Lipinski definition) is 5. The van der Waals surface area contributed by atoms with Crippen molar-refractivity contribution >= 4 is 12.4 Å². The zero-order chi connectivity index (χ0) is 15.9. The van der Waals surface area contributed by atoms with Gasteiger partial charge in [0.25, 0.3) is 0 Å². The van der Waals surface area contributed by atoms with Gasteiger partial charge >= 0.3 is 0 Å². The summed E-state index contributed by atoms with van der Waals surface area (Å²) in [4.78, 5) is 2.51. The van der Waals surface area contributed by atoms with Crippen LogP contribution in [0.3, 0.4) is 0 Å². The fourth-order valence-electron chi connectivity index (χ4n) is 3.24. The number of nitrogens with one attached hydrogen (secondary N) is 1. The highest BCUT2D eigenvalue weighted by Gasteiger charge is 2.20. The zero-order valence-corrected chi connectivity index (χ0v) is 15.4. The number of ether oxygens (including phenoxy) is 3. The van der Waals surface area contributed by atoms with Gasteiger partial charge < -0.3 is 19.5 Å². The number of benzene rings is 1. The SMILES string of the molecule is CNCC1CCCN(Cc2cc(OC)c(OC)c(OC)c2)C1.Cl. The van der Waals surface area contributed by atoms with Crippen molar-refractivity contribution in [2.24, 2.45) is 5.92 Å². The summed E-state index contributed by atoms with van der Waals surface area (Å²) in [5.74, 6) is 2.84. The van der Waals surface area contributed by atoms with Crippen molar-refractivity contribution in [1.29, 1.82) is 0 Å². The second-order valence-electron chi connectivity index (χ2n) is 5.83. The average molecular weight is 345 g/mol. The Morgan fingerprint density at radius 2 is 1.78 bits per heavy atom. The lowest BCUT2D eigenvalue weighted by Crippen LogP contribution is -2.38.